The lowest BCUT2D eigenvalue weighted by molar-refractivity contribution is 0.0513. The quantitative estimate of drug-likeness (QED) is 0.801. The first-order valence-electron chi connectivity index (χ1n) is 7.40. The van der Waals surface area contributed by atoms with E-state index in [0.717, 1.165) is 0 Å². The van der Waals surface area contributed by atoms with Gasteiger partial charge in [0, 0.05) is 11.3 Å². The van der Waals surface area contributed by atoms with Crippen LogP contribution in [0.15, 0.2) is 21.3 Å². The number of pyridine rings is 1. The van der Waals surface area contributed by atoms with E-state index in [2.05, 4.69) is 10.3 Å². The van der Waals surface area contributed by atoms with Gasteiger partial charge in [0.2, 0.25) is 0 Å². The van der Waals surface area contributed by atoms with Gasteiger partial charge in [-0.15, -0.1) is 0 Å². The largest absolute Gasteiger partial charge is 0.466 e. The van der Waals surface area contributed by atoms with Crippen molar-refractivity contribution in [3.8, 4) is 0 Å². The Balaban J connectivity index is 2.19. The maximum atomic E-state index is 12.3. The molecule has 1 amide bonds. The van der Waals surface area contributed by atoms with E-state index in [0.29, 0.717) is 28.3 Å². The van der Waals surface area contributed by atoms with Gasteiger partial charge in [-0.2, -0.15) is 0 Å². The van der Waals surface area contributed by atoms with E-state index in [9.17, 15) is 14.7 Å². The number of aryl methyl sites for hydroxylation is 4. The van der Waals surface area contributed by atoms with Crippen LogP contribution in [0.25, 0.3) is 0 Å². The van der Waals surface area contributed by atoms with Gasteiger partial charge in [0.05, 0.1) is 6.54 Å². The van der Waals surface area contributed by atoms with Gasteiger partial charge in [-0.1, -0.05) is 0 Å². The van der Waals surface area contributed by atoms with Gasteiger partial charge in [0.25, 0.3) is 11.5 Å². The molecule has 3 N–H and O–H groups in total. The Morgan fingerprint density at radius 2 is 1.96 bits per heavy atom. The highest BCUT2D eigenvalue weighted by Crippen LogP contribution is 2.26. The molecule has 23 heavy (non-hydrogen) atoms. The van der Waals surface area contributed by atoms with E-state index in [1.807, 2.05) is 0 Å². The molecule has 0 aliphatic rings. The summed E-state index contributed by atoms with van der Waals surface area (Å²) >= 11 is 0. The molecule has 2 aromatic heterocycles. The molecule has 0 unspecified atom stereocenters. The molecule has 0 aliphatic heterocycles. The molecular formula is C17H22N2O4. The molecule has 0 fully saturated rings. The topological polar surface area (TPSA) is 95.3 Å². The van der Waals surface area contributed by atoms with Crippen molar-refractivity contribution in [3.05, 3.63) is 56.4 Å². The van der Waals surface area contributed by atoms with Crippen molar-refractivity contribution >= 4 is 5.91 Å². The van der Waals surface area contributed by atoms with Gasteiger partial charge in [-0.3, -0.25) is 9.59 Å². The van der Waals surface area contributed by atoms with Crippen molar-refractivity contribution in [1.29, 1.82) is 0 Å². The Kier molecular flexibility index (Phi) is 4.47. The van der Waals surface area contributed by atoms with Gasteiger partial charge < -0.3 is 19.8 Å². The molecule has 6 heteroatoms. The molecule has 0 saturated carbocycles. The zero-order valence-electron chi connectivity index (χ0n) is 14.0. The summed E-state index contributed by atoms with van der Waals surface area (Å²) in [6.45, 7) is 8.58. The SMILES string of the molecule is Cc1cc(C)c(C(=O)NC[C@](C)(O)c2cc(C)oc2C)c(=O)[nH]1. The van der Waals surface area contributed by atoms with Crippen LogP contribution in [0.2, 0.25) is 0 Å². The van der Waals surface area contributed by atoms with Crippen LogP contribution >= 0.6 is 0 Å². The second kappa shape index (κ2) is 6.04. The Morgan fingerprint density at radius 1 is 1.30 bits per heavy atom. The number of hydrogen-bond donors (Lipinski definition) is 3. The summed E-state index contributed by atoms with van der Waals surface area (Å²) in [5, 5.41) is 13.2. The van der Waals surface area contributed by atoms with Crippen LogP contribution in [0.4, 0.5) is 0 Å². The molecule has 0 spiro atoms. The Bertz CT molecular complexity index is 799. The molecule has 0 aromatic carbocycles. The van der Waals surface area contributed by atoms with Gasteiger partial charge >= 0.3 is 0 Å². The van der Waals surface area contributed by atoms with Crippen molar-refractivity contribution in [1.82, 2.24) is 10.3 Å². The Morgan fingerprint density at radius 3 is 2.48 bits per heavy atom. The zero-order valence-corrected chi connectivity index (χ0v) is 14.0. The summed E-state index contributed by atoms with van der Waals surface area (Å²) < 4.78 is 5.42. The maximum absolute atomic E-state index is 12.3. The second-order valence-electron chi connectivity index (χ2n) is 6.12. The van der Waals surface area contributed by atoms with E-state index < -0.39 is 17.1 Å². The molecule has 2 aromatic rings. The summed E-state index contributed by atoms with van der Waals surface area (Å²) in [5.41, 5.74) is 0.244. The standard InChI is InChI=1S/C17H22N2O4/c1-9-6-10(2)19-16(21)14(9)15(20)18-8-17(5,22)13-7-11(3)23-12(13)4/h6-7,22H,8H2,1-5H3,(H,18,20)(H,19,21)/t17-/m0/s1. The number of aliphatic hydroxyl groups is 1. The predicted octanol–water partition coefficient (Wildman–Crippen LogP) is 1.84. The molecule has 6 nitrogen and oxygen atoms in total. The van der Waals surface area contributed by atoms with E-state index in [1.54, 1.807) is 46.8 Å². The van der Waals surface area contributed by atoms with Crippen LogP contribution in [0.5, 0.6) is 0 Å². The summed E-state index contributed by atoms with van der Waals surface area (Å²) in [7, 11) is 0. The lowest BCUT2D eigenvalue weighted by Gasteiger charge is -2.23. The van der Waals surface area contributed by atoms with Gasteiger partial charge in [0.15, 0.2) is 0 Å². The van der Waals surface area contributed by atoms with Gasteiger partial charge in [-0.05, 0) is 52.3 Å². The lowest BCUT2D eigenvalue weighted by atomic mass is 9.96. The third kappa shape index (κ3) is 3.53. The van der Waals surface area contributed by atoms with Crippen LogP contribution in [0.3, 0.4) is 0 Å². The number of aromatic nitrogens is 1. The molecule has 2 rings (SSSR count). The van der Waals surface area contributed by atoms with Gasteiger partial charge in [-0.25, -0.2) is 0 Å². The molecule has 2 heterocycles. The zero-order chi connectivity index (χ0) is 17.4. The first-order valence-corrected chi connectivity index (χ1v) is 7.40. The number of nitrogens with one attached hydrogen (secondary N) is 2. The van der Waals surface area contributed by atoms with Crippen molar-refractivity contribution in [2.45, 2.75) is 40.2 Å². The maximum Gasteiger partial charge on any atom is 0.261 e. The molecule has 124 valence electrons. The van der Waals surface area contributed by atoms with Gasteiger partial charge in [0.1, 0.15) is 22.7 Å². The number of rotatable bonds is 4. The Labute approximate surface area is 134 Å². The van der Waals surface area contributed by atoms with Crippen LogP contribution in [-0.2, 0) is 5.60 Å². The molecule has 1 atom stereocenters. The summed E-state index contributed by atoms with van der Waals surface area (Å²) in [5.74, 6) is 0.780. The Hall–Kier alpha value is -2.34. The van der Waals surface area contributed by atoms with Crippen molar-refractivity contribution in [2.24, 2.45) is 0 Å². The minimum Gasteiger partial charge on any atom is -0.466 e. The number of H-pyrrole nitrogens is 1. The molecule has 0 bridgehead atoms. The lowest BCUT2D eigenvalue weighted by Crippen LogP contribution is -2.40. The molecule has 0 aliphatic carbocycles. The minimum atomic E-state index is -1.29. The highest BCUT2D eigenvalue weighted by molar-refractivity contribution is 5.95. The first-order chi connectivity index (χ1) is 10.6. The fourth-order valence-corrected chi connectivity index (χ4v) is 2.74. The van der Waals surface area contributed by atoms with Crippen molar-refractivity contribution in [2.75, 3.05) is 6.54 Å². The number of aromatic amines is 1. The first kappa shape index (κ1) is 17.0. The third-order valence-corrected chi connectivity index (χ3v) is 3.81. The second-order valence-corrected chi connectivity index (χ2v) is 6.12. The summed E-state index contributed by atoms with van der Waals surface area (Å²) in [6.07, 6.45) is 0. The fraction of sp³-hybridized carbons (Fsp3) is 0.412. The highest BCUT2D eigenvalue weighted by atomic mass is 16.3. The third-order valence-electron chi connectivity index (χ3n) is 3.81. The highest BCUT2D eigenvalue weighted by Gasteiger charge is 2.29. The van der Waals surface area contributed by atoms with Crippen LogP contribution in [0.1, 0.15) is 45.6 Å². The number of carbonyl (C=O) groups excluding carboxylic acids is 1. The molecule has 0 radical (unpaired) electrons. The number of hydrogen-bond acceptors (Lipinski definition) is 4. The monoisotopic (exact) mass is 318 g/mol. The van der Waals surface area contributed by atoms with Crippen LogP contribution in [-0.4, -0.2) is 22.5 Å². The van der Waals surface area contributed by atoms with E-state index in [4.69, 9.17) is 4.42 Å². The predicted molar refractivity (Wildman–Crippen MR) is 86.6 cm³/mol. The number of carbonyl (C=O) groups is 1. The number of furan rings is 1. The number of amides is 1. The van der Waals surface area contributed by atoms with E-state index in [1.165, 1.54) is 0 Å². The fourth-order valence-electron chi connectivity index (χ4n) is 2.74. The van der Waals surface area contributed by atoms with E-state index >= 15 is 0 Å². The average Bonchev–Trinajstić information content (AvgIpc) is 2.75. The normalized spacial score (nSPS) is 13.7. The van der Waals surface area contributed by atoms with E-state index in [-0.39, 0.29) is 12.1 Å². The molecule has 0 saturated heterocycles. The minimum absolute atomic E-state index is 0.0294. The van der Waals surface area contributed by atoms with Crippen LogP contribution in [0, 0.1) is 27.7 Å². The summed E-state index contributed by atoms with van der Waals surface area (Å²) in [4.78, 5) is 26.9. The van der Waals surface area contributed by atoms with Crippen molar-refractivity contribution < 1.29 is 14.3 Å². The van der Waals surface area contributed by atoms with Crippen molar-refractivity contribution in [3.63, 3.8) is 0 Å². The van der Waals surface area contributed by atoms with Crippen LogP contribution < -0.4 is 10.9 Å². The molecular weight excluding hydrogens is 296 g/mol. The smallest absolute Gasteiger partial charge is 0.261 e. The average molecular weight is 318 g/mol. The summed E-state index contributed by atoms with van der Waals surface area (Å²) in [6, 6.07) is 3.48.